The second kappa shape index (κ2) is 8.64. The minimum atomic E-state index is -0.563. The van der Waals surface area contributed by atoms with Gasteiger partial charge in [0, 0.05) is 16.0 Å². The van der Waals surface area contributed by atoms with Crippen LogP contribution in [-0.2, 0) is 19.1 Å². The summed E-state index contributed by atoms with van der Waals surface area (Å²) in [5.41, 5.74) is 3.55. The minimum absolute atomic E-state index is 0.0919. The summed E-state index contributed by atoms with van der Waals surface area (Å²) in [6.07, 6.45) is 0.871. The van der Waals surface area contributed by atoms with E-state index in [-0.39, 0.29) is 59.1 Å². The lowest BCUT2D eigenvalue weighted by Crippen LogP contribution is -2.42. The van der Waals surface area contributed by atoms with Gasteiger partial charge in [-0.1, -0.05) is 54.6 Å². The molecule has 1 saturated heterocycles. The van der Waals surface area contributed by atoms with Crippen molar-refractivity contribution in [2.45, 2.75) is 22.6 Å². The van der Waals surface area contributed by atoms with E-state index >= 15 is 0 Å². The van der Waals surface area contributed by atoms with E-state index in [0.29, 0.717) is 0 Å². The van der Waals surface area contributed by atoms with Gasteiger partial charge in [-0.05, 0) is 53.1 Å². The summed E-state index contributed by atoms with van der Waals surface area (Å²) in [5.74, 6) is -1.16. The van der Waals surface area contributed by atoms with Gasteiger partial charge in [0.05, 0.1) is 24.0 Å². The lowest BCUT2D eigenvalue weighted by molar-refractivity contribution is -0.151. The van der Waals surface area contributed by atoms with Crippen LogP contribution in [0.15, 0.2) is 59.6 Å². The Morgan fingerprint density at radius 3 is 2.41 bits per heavy atom. The number of rotatable bonds is 4. The molecular weight excluding hydrogens is 525 g/mol. The molecule has 7 atom stereocenters. The van der Waals surface area contributed by atoms with Crippen LogP contribution in [0.5, 0.6) is 0 Å². The first-order valence-electron chi connectivity index (χ1n) is 12.4. The fourth-order valence-electron chi connectivity index (χ4n) is 7.31. The van der Waals surface area contributed by atoms with E-state index in [1.807, 2.05) is 18.2 Å². The number of amides is 2. The molecule has 7 rings (SSSR count). The van der Waals surface area contributed by atoms with Gasteiger partial charge in [-0.2, -0.15) is 0 Å². The largest absolute Gasteiger partial charge is 0.468 e. The van der Waals surface area contributed by atoms with Gasteiger partial charge < -0.3 is 9.72 Å². The molecule has 1 aromatic heterocycles. The smallest absolute Gasteiger partial charge is 0.325 e. The van der Waals surface area contributed by atoms with E-state index in [1.165, 1.54) is 23.1 Å². The van der Waals surface area contributed by atoms with Crippen molar-refractivity contribution in [1.82, 2.24) is 9.88 Å². The first kappa shape index (κ1) is 23.4. The zero-order valence-corrected chi connectivity index (χ0v) is 22.4. The molecular formula is C28H24N2O4S3. The summed E-state index contributed by atoms with van der Waals surface area (Å²) in [4.78, 5) is 44.5. The molecule has 3 aromatic rings. The Labute approximate surface area is 227 Å². The topological polar surface area (TPSA) is 79.5 Å². The van der Waals surface area contributed by atoms with E-state index in [2.05, 4.69) is 41.4 Å². The zero-order chi connectivity index (χ0) is 25.4. The predicted molar refractivity (Wildman–Crippen MR) is 144 cm³/mol. The molecule has 2 aliphatic heterocycles. The van der Waals surface area contributed by atoms with Crippen LogP contribution >= 0.6 is 35.3 Å². The number of carbonyl (C=O) groups is 3. The van der Waals surface area contributed by atoms with E-state index in [9.17, 15) is 14.4 Å². The molecule has 2 aliphatic carbocycles. The van der Waals surface area contributed by atoms with Crippen molar-refractivity contribution in [2.24, 2.45) is 29.6 Å². The highest BCUT2D eigenvalue weighted by molar-refractivity contribution is 8.00. The second-order valence-corrected chi connectivity index (χ2v) is 13.2. The molecule has 7 unspecified atom stereocenters. The number of esters is 1. The first-order valence-corrected chi connectivity index (χ1v) is 14.5. The van der Waals surface area contributed by atoms with Crippen LogP contribution in [0, 0.1) is 33.5 Å². The number of ether oxygens (including phenoxy) is 1. The van der Waals surface area contributed by atoms with Gasteiger partial charge in [-0.15, -0.1) is 23.1 Å². The molecule has 6 nitrogen and oxygen atoms in total. The standard InChI is InChI=1S/C28H24N2O4S3/c1-34-18(31)12-30-26(32)21-16-11-17(22(21)27(30)33)23-20(16)19(24-25(36-23)29-28(35)37-24)15-9-7-14(8-10-15)13-5-3-2-4-6-13/h2-10,16-17,19-23H,11-12H2,1H3,(H,29,35). The van der Waals surface area contributed by atoms with Crippen LogP contribution in [0.2, 0.25) is 0 Å². The van der Waals surface area contributed by atoms with Crippen LogP contribution in [0.3, 0.4) is 0 Å². The number of thiazole rings is 1. The van der Waals surface area contributed by atoms with Crippen LogP contribution in [-0.4, -0.2) is 46.6 Å². The van der Waals surface area contributed by atoms with Gasteiger partial charge in [-0.3, -0.25) is 19.3 Å². The number of benzene rings is 2. The highest BCUT2D eigenvalue weighted by Crippen LogP contribution is 2.68. The number of methoxy groups -OCH3 is 1. The first-order chi connectivity index (χ1) is 18.0. The van der Waals surface area contributed by atoms with Crippen molar-refractivity contribution in [3.05, 3.63) is 69.0 Å². The number of nitrogens with zero attached hydrogens (tertiary/aromatic N) is 1. The molecule has 9 heteroatoms. The Kier molecular flexibility index (Phi) is 5.46. The van der Waals surface area contributed by atoms with E-state index in [1.54, 1.807) is 23.1 Å². The van der Waals surface area contributed by atoms with E-state index < -0.39 is 5.97 Å². The van der Waals surface area contributed by atoms with E-state index in [0.717, 1.165) is 25.9 Å². The minimum Gasteiger partial charge on any atom is -0.468 e. The monoisotopic (exact) mass is 548 g/mol. The lowest BCUT2D eigenvalue weighted by atomic mass is 9.68. The van der Waals surface area contributed by atoms with Gasteiger partial charge in [0.25, 0.3) is 0 Å². The number of fused-ring (bicyclic) bond motifs is 9. The number of H-pyrrole nitrogens is 1. The van der Waals surface area contributed by atoms with Crippen molar-refractivity contribution in [1.29, 1.82) is 0 Å². The Balaban J connectivity index is 1.28. The maximum atomic E-state index is 13.5. The average Bonchev–Trinajstić information content (AvgIpc) is 3.65. The number of aromatic amines is 1. The van der Waals surface area contributed by atoms with Crippen molar-refractivity contribution >= 4 is 53.1 Å². The van der Waals surface area contributed by atoms with Crippen molar-refractivity contribution in [3.63, 3.8) is 0 Å². The summed E-state index contributed by atoms with van der Waals surface area (Å²) >= 11 is 8.97. The lowest BCUT2D eigenvalue weighted by Gasteiger charge is -2.43. The fourth-order valence-corrected chi connectivity index (χ4v) is 10.6. The second-order valence-electron chi connectivity index (χ2n) is 10.3. The zero-order valence-electron chi connectivity index (χ0n) is 20.0. The maximum absolute atomic E-state index is 13.5. The summed E-state index contributed by atoms with van der Waals surface area (Å²) in [7, 11) is 1.28. The number of likely N-dealkylation sites (tertiary alicyclic amines) is 1. The van der Waals surface area contributed by atoms with Gasteiger partial charge in [0.1, 0.15) is 6.54 Å². The Hall–Kier alpha value is -2.75. The van der Waals surface area contributed by atoms with Gasteiger partial charge in [0.15, 0.2) is 3.95 Å². The van der Waals surface area contributed by atoms with Gasteiger partial charge >= 0.3 is 5.97 Å². The number of aromatic nitrogens is 1. The molecule has 3 heterocycles. The maximum Gasteiger partial charge on any atom is 0.325 e. The van der Waals surface area contributed by atoms with Crippen LogP contribution < -0.4 is 0 Å². The van der Waals surface area contributed by atoms with Crippen molar-refractivity contribution < 1.29 is 19.1 Å². The molecule has 3 fully saturated rings. The summed E-state index contributed by atoms with van der Waals surface area (Å²) in [6.45, 7) is -0.298. The molecule has 37 heavy (non-hydrogen) atoms. The molecule has 0 spiro atoms. The van der Waals surface area contributed by atoms with Crippen LogP contribution in [0.1, 0.15) is 22.8 Å². The Morgan fingerprint density at radius 1 is 1.03 bits per heavy atom. The normalized spacial score (nSPS) is 31.3. The number of nitrogens with one attached hydrogen (secondary N) is 1. The molecule has 2 saturated carbocycles. The Morgan fingerprint density at radius 2 is 1.70 bits per heavy atom. The fraction of sp³-hybridized carbons (Fsp3) is 0.357. The van der Waals surface area contributed by atoms with Gasteiger partial charge in [0.2, 0.25) is 11.8 Å². The predicted octanol–water partition coefficient (Wildman–Crippen LogP) is 5.12. The molecule has 0 radical (unpaired) electrons. The summed E-state index contributed by atoms with van der Waals surface area (Å²) < 4.78 is 5.51. The van der Waals surface area contributed by atoms with Crippen LogP contribution in [0.25, 0.3) is 11.1 Å². The number of imide groups is 1. The number of thioether (sulfide) groups is 1. The highest BCUT2D eigenvalue weighted by Gasteiger charge is 2.69. The molecule has 2 aromatic carbocycles. The quantitative estimate of drug-likeness (QED) is 0.277. The molecule has 2 bridgehead atoms. The van der Waals surface area contributed by atoms with Crippen LogP contribution in [0.4, 0.5) is 0 Å². The summed E-state index contributed by atoms with van der Waals surface area (Å²) in [5, 5.41) is 1.31. The molecule has 4 aliphatic rings. The number of hydrogen-bond donors (Lipinski definition) is 1. The van der Waals surface area contributed by atoms with E-state index in [4.69, 9.17) is 17.0 Å². The molecule has 188 valence electrons. The van der Waals surface area contributed by atoms with Gasteiger partial charge in [-0.25, -0.2) is 0 Å². The molecule has 1 N–H and O–H groups in total. The third kappa shape index (κ3) is 3.43. The number of carbonyl (C=O) groups excluding carboxylic acids is 3. The third-order valence-electron chi connectivity index (χ3n) is 8.71. The molecule has 2 amide bonds. The SMILES string of the molecule is COC(=O)CN1C(=O)C2C3CC(C2C1=O)C1C(c2ccc(-c4ccccc4)cc2)c2sc(=S)[nH]c2SC31. The van der Waals surface area contributed by atoms with Crippen molar-refractivity contribution in [2.75, 3.05) is 13.7 Å². The Bertz CT molecular complexity index is 1480. The highest BCUT2D eigenvalue weighted by atomic mass is 32.2. The third-order valence-corrected chi connectivity index (χ3v) is 11.6. The van der Waals surface area contributed by atoms with Crippen molar-refractivity contribution in [3.8, 4) is 11.1 Å². The number of hydrogen-bond acceptors (Lipinski definition) is 7. The summed E-state index contributed by atoms with van der Waals surface area (Å²) in [6, 6.07) is 19.1. The average molecular weight is 549 g/mol.